The Balaban J connectivity index is 2.18. The lowest BCUT2D eigenvalue weighted by Gasteiger charge is -2.21. The maximum Gasteiger partial charge on any atom is 0.321 e. The van der Waals surface area contributed by atoms with Gasteiger partial charge in [0, 0.05) is 19.5 Å². The highest BCUT2D eigenvalue weighted by atomic mass is 16.4. The molecule has 0 bridgehead atoms. The minimum atomic E-state index is -0.930. The molecule has 0 saturated carbocycles. The van der Waals surface area contributed by atoms with Crippen molar-refractivity contribution >= 4 is 5.97 Å². The number of nitriles is 1. The van der Waals surface area contributed by atoms with Crippen molar-refractivity contribution < 1.29 is 15.0 Å². The van der Waals surface area contributed by atoms with E-state index in [0.717, 1.165) is 5.56 Å². The first kappa shape index (κ1) is 12.6. The zero-order valence-electron chi connectivity index (χ0n) is 9.78. The van der Waals surface area contributed by atoms with Crippen LogP contribution in [0, 0.1) is 11.3 Å². The van der Waals surface area contributed by atoms with Gasteiger partial charge in [-0.2, -0.15) is 5.26 Å². The van der Waals surface area contributed by atoms with Crippen molar-refractivity contribution in [3.63, 3.8) is 0 Å². The van der Waals surface area contributed by atoms with Gasteiger partial charge in [-0.1, -0.05) is 18.2 Å². The van der Waals surface area contributed by atoms with Crippen LogP contribution >= 0.6 is 0 Å². The number of hydrogen-bond donors (Lipinski definition) is 2. The fourth-order valence-electron chi connectivity index (χ4n) is 2.30. The summed E-state index contributed by atoms with van der Waals surface area (Å²) in [6.07, 6.45) is -0.371. The molecule has 2 rings (SSSR count). The van der Waals surface area contributed by atoms with Crippen LogP contribution in [0.25, 0.3) is 0 Å². The van der Waals surface area contributed by atoms with Gasteiger partial charge in [0.05, 0.1) is 17.7 Å². The van der Waals surface area contributed by atoms with E-state index in [0.29, 0.717) is 18.7 Å². The minimum absolute atomic E-state index is 0.240. The summed E-state index contributed by atoms with van der Waals surface area (Å²) in [4.78, 5) is 12.8. The molecule has 1 fully saturated rings. The average molecular weight is 246 g/mol. The minimum Gasteiger partial charge on any atom is -0.480 e. The second-order valence-corrected chi connectivity index (χ2v) is 4.44. The molecule has 1 aromatic carbocycles. The fourth-order valence-corrected chi connectivity index (χ4v) is 2.30. The number of aliphatic hydroxyl groups is 1. The Kier molecular flexibility index (Phi) is 3.60. The van der Waals surface area contributed by atoms with Crippen LogP contribution in [-0.2, 0) is 11.3 Å². The monoisotopic (exact) mass is 246 g/mol. The lowest BCUT2D eigenvalue weighted by Crippen LogP contribution is -2.35. The lowest BCUT2D eigenvalue weighted by atomic mass is 10.1. The number of likely N-dealkylation sites (tertiary alicyclic amines) is 1. The normalized spacial score (nSPS) is 23.8. The van der Waals surface area contributed by atoms with E-state index in [1.807, 2.05) is 12.1 Å². The summed E-state index contributed by atoms with van der Waals surface area (Å²) in [5.74, 6) is -0.930. The summed E-state index contributed by atoms with van der Waals surface area (Å²) in [7, 11) is 0. The van der Waals surface area contributed by atoms with Gasteiger partial charge >= 0.3 is 5.97 Å². The van der Waals surface area contributed by atoms with Crippen molar-refractivity contribution in [1.29, 1.82) is 5.26 Å². The topological polar surface area (TPSA) is 84.6 Å². The van der Waals surface area contributed by atoms with Gasteiger partial charge in [0.2, 0.25) is 0 Å². The van der Waals surface area contributed by atoms with E-state index in [4.69, 9.17) is 10.4 Å². The summed E-state index contributed by atoms with van der Waals surface area (Å²) >= 11 is 0. The van der Waals surface area contributed by atoms with Crippen molar-refractivity contribution in [2.45, 2.75) is 25.1 Å². The van der Waals surface area contributed by atoms with Crippen molar-refractivity contribution in [2.75, 3.05) is 6.54 Å². The molecule has 1 saturated heterocycles. The van der Waals surface area contributed by atoms with E-state index in [1.54, 1.807) is 17.0 Å². The average Bonchev–Trinajstić information content (AvgIpc) is 2.71. The molecule has 18 heavy (non-hydrogen) atoms. The second-order valence-electron chi connectivity index (χ2n) is 4.44. The van der Waals surface area contributed by atoms with E-state index in [1.165, 1.54) is 0 Å². The molecule has 5 nitrogen and oxygen atoms in total. The van der Waals surface area contributed by atoms with Crippen LogP contribution in [0.1, 0.15) is 17.5 Å². The predicted molar refractivity (Wildman–Crippen MR) is 63.6 cm³/mol. The molecule has 94 valence electrons. The first-order chi connectivity index (χ1) is 8.61. The Morgan fingerprint density at radius 2 is 2.22 bits per heavy atom. The van der Waals surface area contributed by atoms with Crippen LogP contribution in [0.3, 0.4) is 0 Å². The number of aliphatic hydroxyl groups excluding tert-OH is 1. The van der Waals surface area contributed by atoms with Crippen LogP contribution in [0.2, 0.25) is 0 Å². The predicted octanol–water partition coefficient (Wildman–Crippen LogP) is 0.578. The number of carboxylic acids is 1. The van der Waals surface area contributed by atoms with Gasteiger partial charge in [-0.05, 0) is 11.6 Å². The third kappa shape index (κ3) is 2.50. The molecule has 2 atom stereocenters. The third-order valence-corrected chi connectivity index (χ3v) is 3.18. The van der Waals surface area contributed by atoms with Gasteiger partial charge in [0.15, 0.2) is 0 Å². The smallest absolute Gasteiger partial charge is 0.321 e. The lowest BCUT2D eigenvalue weighted by molar-refractivity contribution is -0.142. The molecule has 1 heterocycles. The summed E-state index contributed by atoms with van der Waals surface area (Å²) in [5, 5.41) is 27.6. The summed E-state index contributed by atoms with van der Waals surface area (Å²) in [5.41, 5.74) is 1.34. The number of carboxylic acid groups (broad SMARTS) is 1. The number of rotatable bonds is 3. The zero-order valence-corrected chi connectivity index (χ0v) is 9.78. The molecule has 2 unspecified atom stereocenters. The Labute approximate surface area is 105 Å². The fraction of sp³-hybridized carbons (Fsp3) is 0.385. The first-order valence-corrected chi connectivity index (χ1v) is 5.74. The highest BCUT2D eigenvalue weighted by Crippen LogP contribution is 2.22. The number of nitrogens with zero attached hydrogens (tertiary/aromatic N) is 2. The van der Waals surface area contributed by atoms with Gasteiger partial charge < -0.3 is 10.2 Å². The molecule has 1 aliphatic rings. The SMILES string of the molecule is N#Cc1ccccc1CN1CC(O)CC1C(=O)O. The van der Waals surface area contributed by atoms with Gasteiger partial charge in [0.25, 0.3) is 0 Å². The zero-order chi connectivity index (χ0) is 13.1. The molecule has 0 radical (unpaired) electrons. The molecule has 1 aliphatic heterocycles. The molecular weight excluding hydrogens is 232 g/mol. The number of β-amino-alcohol motifs (C(OH)–C–C–N with tert-alkyl or cyclic N) is 1. The Hall–Kier alpha value is -1.90. The third-order valence-electron chi connectivity index (χ3n) is 3.18. The second kappa shape index (κ2) is 5.17. The number of carbonyl (C=O) groups is 1. The highest BCUT2D eigenvalue weighted by Gasteiger charge is 2.35. The maximum atomic E-state index is 11.1. The van der Waals surface area contributed by atoms with Crippen LogP contribution in [0.4, 0.5) is 0 Å². The van der Waals surface area contributed by atoms with Crippen LogP contribution in [0.15, 0.2) is 24.3 Å². The molecule has 0 amide bonds. The van der Waals surface area contributed by atoms with Crippen LogP contribution < -0.4 is 0 Å². The molecule has 2 N–H and O–H groups in total. The number of hydrogen-bond acceptors (Lipinski definition) is 4. The van der Waals surface area contributed by atoms with Crippen molar-refractivity contribution in [3.05, 3.63) is 35.4 Å². The van der Waals surface area contributed by atoms with Gasteiger partial charge in [0.1, 0.15) is 6.04 Å². The van der Waals surface area contributed by atoms with Crippen LogP contribution in [-0.4, -0.2) is 39.8 Å². The van der Waals surface area contributed by atoms with Crippen molar-refractivity contribution in [1.82, 2.24) is 4.90 Å². The van der Waals surface area contributed by atoms with Gasteiger partial charge in [-0.15, -0.1) is 0 Å². The Morgan fingerprint density at radius 3 is 2.89 bits per heavy atom. The van der Waals surface area contributed by atoms with Gasteiger partial charge in [-0.3, -0.25) is 9.69 Å². The molecule has 0 aromatic heterocycles. The number of benzene rings is 1. The quantitative estimate of drug-likeness (QED) is 0.814. The summed E-state index contributed by atoms with van der Waals surface area (Å²) in [6.45, 7) is 0.703. The molecule has 0 spiro atoms. The van der Waals surface area contributed by atoms with Gasteiger partial charge in [-0.25, -0.2) is 0 Å². The summed E-state index contributed by atoms with van der Waals surface area (Å²) in [6, 6.07) is 8.52. The van der Waals surface area contributed by atoms with E-state index < -0.39 is 18.1 Å². The number of aliphatic carboxylic acids is 1. The largest absolute Gasteiger partial charge is 0.480 e. The molecule has 1 aromatic rings. The van der Waals surface area contributed by atoms with Crippen LogP contribution in [0.5, 0.6) is 0 Å². The van der Waals surface area contributed by atoms with Crippen molar-refractivity contribution in [2.24, 2.45) is 0 Å². The highest BCUT2D eigenvalue weighted by molar-refractivity contribution is 5.74. The standard InChI is InChI=1S/C13H14N2O3/c14-6-9-3-1-2-4-10(9)7-15-8-11(16)5-12(15)13(17)18/h1-4,11-12,16H,5,7-8H2,(H,17,18). The molecular formula is C13H14N2O3. The maximum absolute atomic E-state index is 11.1. The molecule has 0 aliphatic carbocycles. The first-order valence-electron chi connectivity index (χ1n) is 5.74. The Bertz CT molecular complexity index is 495. The van der Waals surface area contributed by atoms with E-state index >= 15 is 0 Å². The molecule has 5 heteroatoms. The van der Waals surface area contributed by atoms with E-state index in [2.05, 4.69) is 6.07 Å². The van der Waals surface area contributed by atoms with E-state index in [-0.39, 0.29) is 6.42 Å². The summed E-state index contributed by atoms with van der Waals surface area (Å²) < 4.78 is 0. The van der Waals surface area contributed by atoms with Crippen molar-refractivity contribution in [3.8, 4) is 6.07 Å². The van der Waals surface area contributed by atoms with E-state index in [9.17, 15) is 9.90 Å². The Morgan fingerprint density at radius 1 is 1.50 bits per heavy atom.